The second-order valence-corrected chi connectivity index (χ2v) is 10.2. The normalized spacial score (nSPS) is 29.0. The Balaban J connectivity index is 1.20. The number of benzene rings is 1. The van der Waals surface area contributed by atoms with E-state index in [1.807, 2.05) is 31.3 Å². The second-order valence-electron chi connectivity index (χ2n) is 9.29. The summed E-state index contributed by atoms with van der Waals surface area (Å²) in [6.45, 7) is 0. The van der Waals surface area contributed by atoms with Crippen LogP contribution in [0.15, 0.2) is 35.7 Å². The third kappa shape index (κ3) is 3.85. The van der Waals surface area contributed by atoms with Crippen LogP contribution in [-0.4, -0.2) is 32.3 Å². The summed E-state index contributed by atoms with van der Waals surface area (Å²) >= 11 is 1.34. The topological polar surface area (TPSA) is 88.9 Å². The molecule has 158 valence electrons. The van der Waals surface area contributed by atoms with E-state index in [-0.39, 0.29) is 23.0 Å². The number of hydrogen-bond donors (Lipinski definition) is 2. The maximum Gasteiger partial charge on any atom is 0.234 e. The number of rotatable bonds is 6. The van der Waals surface area contributed by atoms with Crippen LogP contribution >= 0.6 is 11.8 Å². The first-order chi connectivity index (χ1) is 14.5. The molecule has 0 saturated heterocycles. The summed E-state index contributed by atoms with van der Waals surface area (Å²) in [4.78, 5) is 25.6. The monoisotopic (exact) mass is 425 g/mol. The molecule has 4 fully saturated rings. The average Bonchev–Trinajstić information content (AvgIpc) is 3.10. The predicted molar refractivity (Wildman–Crippen MR) is 116 cm³/mol. The van der Waals surface area contributed by atoms with Gasteiger partial charge in [-0.3, -0.25) is 9.59 Å². The van der Waals surface area contributed by atoms with Gasteiger partial charge in [0.1, 0.15) is 6.33 Å². The SMILES string of the molecule is Cn1cnnc1SCC(=O)Nc1cccc(NC(=O)C23CC4CC(CC(C4)C2)C3)c1. The van der Waals surface area contributed by atoms with Gasteiger partial charge in [-0.1, -0.05) is 17.8 Å². The molecular formula is C22H27N5O2S. The van der Waals surface area contributed by atoms with E-state index in [2.05, 4.69) is 20.8 Å². The Morgan fingerprint density at radius 3 is 2.33 bits per heavy atom. The molecule has 2 amide bonds. The molecule has 2 aromatic rings. The first kappa shape index (κ1) is 19.6. The number of carbonyl (C=O) groups is 2. The van der Waals surface area contributed by atoms with Crippen LogP contribution in [0.5, 0.6) is 0 Å². The number of thioether (sulfide) groups is 1. The van der Waals surface area contributed by atoms with Gasteiger partial charge < -0.3 is 15.2 Å². The van der Waals surface area contributed by atoms with Crippen molar-refractivity contribution in [2.45, 2.75) is 43.7 Å². The van der Waals surface area contributed by atoms with E-state index < -0.39 is 0 Å². The Kier molecular flexibility index (Phi) is 5.05. The quantitative estimate of drug-likeness (QED) is 0.689. The minimum atomic E-state index is -0.180. The molecule has 4 aliphatic rings. The Bertz CT molecular complexity index is 937. The first-order valence-electron chi connectivity index (χ1n) is 10.7. The molecule has 0 spiro atoms. The van der Waals surface area contributed by atoms with Gasteiger partial charge in [-0.15, -0.1) is 10.2 Å². The lowest BCUT2D eigenvalue weighted by atomic mass is 9.49. The maximum atomic E-state index is 13.2. The highest BCUT2D eigenvalue weighted by Gasteiger charge is 2.54. The summed E-state index contributed by atoms with van der Waals surface area (Å²) < 4.78 is 1.78. The molecule has 0 atom stereocenters. The van der Waals surface area contributed by atoms with Crippen LogP contribution in [0.4, 0.5) is 11.4 Å². The van der Waals surface area contributed by atoms with Gasteiger partial charge in [0.25, 0.3) is 0 Å². The number of aromatic nitrogens is 3. The van der Waals surface area contributed by atoms with Gasteiger partial charge in [-0.25, -0.2) is 0 Å². The van der Waals surface area contributed by atoms with E-state index in [0.29, 0.717) is 10.8 Å². The lowest BCUT2D eigenvalue weighted by Crippen LogP contribution is -2.51. The van der Waals surface area contributed by atoms with E-state index >= 15 is 0 Å². The molecule has 2 N–H and O–H groups in total. The van der Waals surface area contributed by atoms with E-state index in [4.69, 9.17) is 0 Å². The predicted octanol–water partition coefficient (Wildman–Crippen LogP) is 3.70. The number of amides is 2. The van der Waals surface area contributed by atoms with Crippen molar-refractivity contribution in [3.05, 3.63) is 30.6 Å². The van der Waals surface area contributed by atoms with Gasteiger partial charge in [0.15, 0.2) is 5.16 Å². The molecule has 6 rings (SSSR count). The lowest BCUT2D eigenvalue weighted by molar-refractivity contribution is -0.140. The van der Waals surface area contributed by atoms with Crippen molar-refractivity contribution < 1.29 is 9.59 Å². The van der Waals surface area contributed by atoms with Gasteiger partial charge in [0.05, 0.1) is 11.2 Å². The molecule has 0 radical (unpaired) electrons. The van der Waals surface area contributed by atoms with Crippen molar-refractivity contribution in [3.63, 3.8) is 0 Å². The second kappa shape index (κ2) is 7.72. The number of hydrogen-bond acceptors (Lipinski definition) is 5. The summed E-state index contributed by atoms with van der Waals surface area (Å²) in [7, 11) is 1.84. The highest BCUT2D eigenvalue weighted by atomic mass is 32.2. The van der Waals surface area contributed by atoms with Gasteiger partial charge in [-0.05, 0) is 74.5 Å². The van der Waals surface area contributed by atoms with Crippen molar-refractivity contribution in [3.8, 4) is 0 Å². The molecule has 1 aromatic carbocycles. The Labute approximate surface area is 180 Å². The van der Waals surface area contributed by atoms with Crippen molar-refractivity contribution in [1.82, 2.24) is 14.8 Å². The smallest absolute Gasteiger partial charge is 0.234 e. The third-order valence-electron chi connectivity index (χ3n) is 6.93. The molecular weight excluding hydrogens is 398 g/mol. The van der Waals surface area contributed by atoms with E-state index in [9.17, 15) is 9.59 Å². The first-order valence-corrected chi connectivity index (χ1v) is 11.7. The summed E-state index contributed by atoms with van der Waals surface area (Å²) in [6, 6.07) is 7.43. The minimum Gasteiger partial charge on any atom is -0.326 e. The zero-order valence-electron chi connectivity index (χ0n) is 17.1. The minimum absolute atomic E-state index is 0.118. The third-order valence-corrected chi connectivity index (χ3v) is 7.96. The van der Waals surface area contributed by atoms with Crippen LogP contribution in [-0.2, 0) is 16.6 Å². The fraction of sp³-hybridized carbons (Fsp3) is 0.545. The summed E-state index contributed by atoms with van der Waals surface area (Å²) in [5.41, 5.74) is 1.25. The van der Waals surface area contributed by atoms with Crippen molar-refractivity contribution in [1.29, 1.82) is 0 Å². The summed E-state index contributed by atoms with van der Waals surface area (Å²) in [5, 5.41) is 14.5. The molecule has 0 aliphatic heterocycles. The maximum absolute atomic E-state index is 13.2. The number of carbonyl (C=O) groups excluding carboxylic acids is 2. The molecule has 1 heterocycles. The average molecular weight is 426 g/mol. The van der Waals surface area contributed by atoms with Crippen LogP contribution in [0.3, 0.4) is 0 Å². The van der Waals surface area contributed by atoms with Crippen molar-refractivity contribution >= 4 is 35.0 Å². The zero-order chi connectivity index (χ0) is 20.7. The highest BCUT2D eigenvalue weighted by Crippen LogP contribution is 2.60. The van der Waals surface area contributed by atoms with Crippen LogP contribution in [0.2, 0.25) is 0 Å². The zero-order valence-corrected chi connectivity index (χ0v) is 18.0. The van der Waals surface area contributed by atoms with Crippen LogP contribution in [0.25, 0.3) is 0 Å². The fourth-order valence-electron chi connectivity index (χ4n) is 6.06. The summed E-state index contributed by atoms with van der Waals surface area (Å²) in [6.07, 6.45) is 8.69. The van der Waals surface area contributed by atoms with Gasteiger partial charge in [-0.2, -0.15) is 0 Å². The number of aryl methyl sites for hydroxylation is 1. The van der Waals surface area contributed by atoms with Gasteiger partial charge in [0.2, 0.25) is 11.8 Å². The van der Waals surface area contributed by atoms with Crippen molar-refractivity contribution in [2.24, 2.45) is 30.2 Å². The van der Waals surface area contributed by atoms with Crippen molar-refractivity contribution in [2.75, 3.05) is 16.4 Å². The van der Waals surface area contributed by atoms with Crippen LogP contribution in [0.1, 0.15) is 38.5 Å². The fourth-order valence-corrected chi connectivity index (χ4v) is 6.75. The van der Waals surface area contributed by atoms with Gasteiger partial charge >= 0.3 is 0 Å². The Morgan fingerprint density at radius 1 is 1.10 bits per heavy atom. The largest absolute Gasteiger partial charge is 0.326 e. The summed E-state index contributed by atoms with van der Waals surface area (Å²) in [5.74, 6) is 2.50. The molecule has 30 heavy (non-hydrogen) atoms. The standard InChI is InChI=1S/C22H27N5O2S/c1-27-13-23-26-21(27)30-12-19(28)24-17-3-2-4-18(8-17)25-20(29)22-9-14-5-15(10-22)7-16(6-14)11-22/h2-4,8,13-16H,5-7,9-12H2,1H3,(H,24,28)(H,25,29). The Hall–Kier alpha value is -2.35. The number of nitrogens with one attached hydrogen (secondary N) is 2. The number of nitrogens with zero attached hydrogens (tertiary/aromatic N) is 3. The van der Waals surface area contributed by atoms with Gasteiger partial charge in [0, 0.05) is 18.4 Å². The van der Waals surface area contributed by atoms with E-state index in [0.717, 1.165) is 42.7 Å². The molecule has 8 heteroatoms. The molecule has 4 saturated carbocycles. The molecule has 7 nitrogen and oxygen atoms in total. The van der Waals surface area contributed by atoms with E-state index in [1.165, 1.54) is 31.0 Å². The lowest BCUT2D eigenvalue weighted by Gasteiger charge is -2.55. The number of anilines is 2. The molecule has 4 bridgehead atoms. The Morgan fingerprint density at radius 2 is 1.73 bits per heavy atom. The molecule has 0 unspecified atom stereocenters. The molecule has 4 aliphatic carbocycles. The molecule has 1 aromatic heterocycles. The van der Waals surface area contributed by atoms with Crippen LogP contribution in [0, 0.1) is 23.2 Å². The highest BCUT2D eigenvalue weighted by molar-refractivity contribution is 7.99. The van der Waals surface area contributed by atoms with Crippen LogP contribution < -0.4 is 10.6 Å². The van der Waals surface area contributed by atoms with E-state index in [1.54, 1.807) is 10.9 Å².